The Morgan fingerprint density at radius 2 is 1.94 bits per heavy atom. The van der Waals surface area contributed by atoms with Crippen molar-refractivity contribution < 1.29 is 9.53 Å². The second kappa shape index (κ2) is 7.00. The van der Waals surface area contributed by atoms with Crippen molar-refractivity contribution in [3.63, 3.8) is 0 Å². The fourth-order valence-electron chi connectivity index (χ4n) is 2.76. The first-order valence-corrected chi connectivity index (χ1v) is 6.92. The lowest BCUT2D eigenvalue weighted by Crippen LogP contribution is -2.45. The van der Waals surface area contributed by atoms with Gasteiger partial charge in [0.2, 0.25) is 0 Å². The Bertz CT molecular complexity index is 234. The standard InChI is InChI=1S/C14H27NO2/c1-5-6-13-7-9-15(10-8-13)12(3)11(2)14(16)17-4/h11-13H,5-10H2,1-4H3. The fraction of sp³-hybridized carbons (Fsp3) is 0.929. The van der Waals surface area contributed by atoms with E-state index in [1.54, 1.807) is 0 Å². The molecule has 1 fully saturated rings. The minimum absolute atomic E-state index is 0.0253. The van der Waals surface area contributed by atoms with Gasteiger partial charge in [-0.1, -0.05) is 26.7 Å². The molecular formula is C14H27NO2. The lowest BCUT2D eigenvalue weighted by Gasteiger charge is -2.37. The van der Waals surface area contributed by atoms with E-state index in [0.29, 0.717) is 6.04 Å². The van der Waals surface area contributed by atoms with Crippen LogP contribution in [0.2, 0.25) is 0 Å². The van der Waals surface area contributed by atoms with Crippen molar-refractivity contribution in [2.75, 3.05) is 20.2 Å². The molecule has 3 heteroatoms. The number of methoxy groups -OCH3 is 1. The summed E-state index contributed by atoms with van der Waals surface area (Å²) in [7, 11) is 1.47. The molecular weight excluding hydrogens is 214 g/mol. The number of piperidine rings is 1. The Morgan fingerprint density at radius 1 is 1.35 bits per heavy atom. The molecule has 1 aliphatic rings. The van der Waals surface area contributed by atoms with Crippen LogP contribution in [0.1, 0.15) is 46.5 Å². The minimum atomic E-state index is -0.0896. The topological polar surface area (TPSA) is 29.5 Å². The number of nitrogens with zero attached hydrogens (tertiary/aromatic N) is 1. The third-order valence-corrected chi connectivity index (χ3v) is 4.22. The maximum atomic E-state index is 11.5. The quantitative estimate of drug-likeness (QED) is 0.693. The smallest absolute Gasteiger partial charge is 0.309 e. The van der Waals surface area contributed by atoms with Gasteiger partial charge in [-0.15, -0.1) is 0 Å². The predicted octanol–water partition coefficient (Wildman–Crippen LogP) is 2.70. The molecule has 0 aromatic rings. The zero-order chi connectivity index (χ0) is 12.8. The zero-order valence-corrected chi connectivity index (χ0v) is 11.7. The van der Waals surface area contributed by atoms with E-state index in [1.165, 1.54) is 32.8 Å². The second-order valence-corrected chi connectivity index (χ2v) is 5.32. The lowest BCUT2D eigenvalue weighted by molar-refractivity contribution is -0.147. The van der Waals surface area contributed by atoms with Gasteiger partial charge in [0.15, 0.2) is 0 Å². The van der Waals surface area contributed by atoms with Crippen LogP contribution in [0.15, 0.2) is 0 Å². The number of hydrogen-bond acceptors (Lipinski definition) is 3. The number of hydrogen-bond donors (Lipinski definition) is 0. The minimum Gasteiger partial charge on any atom is -0.469 e. The van der Waals surface area contributed by atoms with Gasteiger partial charge >= 0.3 is 5.97 Å². The average molecular weight is 241 g/mol. The SMILES string of the molecule is CCCC1CCN(C(C)C(C)C(=O)OC)CC1. The van der Waals surface area contributed by atoms with Crippen LogP contribution in [0.4, 0.5) is 0 Å². The summed E-state index contributed by atoms with van der Waals surface area (Å²) in [6.45, 7) is 8.63. The molecule has 0 radical (unpaired) electrons. The highest BCUT2D eigenvalue weighted by Crippen LogP contribution is 2.25. The van der Waals surface area contributed by atoms with Gasteiger partial charge in [-0.2, -0.15) is 0 Å². The van der Waals surface area contributed by atoms with Crippen LogP contribution in [0.5, 0.6) is 0 Å². The van der Waals surface area contributed by atoms with Crippen molar-refractivity contribution >= 4 is 5.97 Å². The number of ether oxygens (including phenoxy) is 1. The van der Waals surface area contributed by atoms with E-state index in [2.05, 4.69) is 18.7 Å². The molecule has 3 nitrogen and oxygen atoms in total. The maximum absolute atomic E-state index is 11.5. The van der Waals surface area contributed by atoms with Crippen molar-refractivity contribution in [2.24, 2.45) is 11.8 Å². The second-order valence-electron chi connectivity index (χ2n) is 5.32. The summed E-state index contributed by atoms with van der Waals surface area (Å²) in [5.74, 6) is 0.785. The first kappa shape index (κ1) is 14.5. The van der Waals surface area contributed by atoms with Crippen molar-refractivity contribution in [3.8, 4) is 0 Å². The van der Waals surface area contributed by atoms with Crippen LogP contribution >= 0.6 is 0 Å². The van der Waals surface area contributed by atoms with Gasteiger partial charge in [-0.05, 0) is 38.8 Å². The molecule has 2 atom stereocenters. The molecule has 2 unspecified atom stereocenters. The first-order valence-electron chi connectivity index (χ1n) is 6.92. The number of carbonyl (C=O) groups is 1. The highest BCUT2D eigenvalue weighted by molar-refractivity contribution is 5.72. The Hall–Kier alpha value is -0.570. The average Bonchev–Trinajstić information content (AvgIpc) is 2.37. The monoisotopic (exact) mass is 241 g/mol. The van der Waals surface area contributed by atoms with E-state index in [9.17, 15) is 4.79 Å². The van der Waals surface area contributed by atoms with Crippen LogP contribution in [0.3, 0.4) is 0 Å². The molecule has 100 valence electrons. The van der Waals surface area contributed by atoms with Gasteiger partial charge in [-0.3, -0.25) is 9.69 Å². The summed E-state index contributed by atoms with van der Waals surface area (Å²) in [6.07, 6.45) is 5.21. The molecule has 0 amide bonds. The van der Waals surface area contributed by atoms with Gasteiger partial charge in [0.05, 0.1) is 13.0 Å². The van der Waals surface area contributed by atoms with Gasteiger partial charge in [-0.25, -0.2) is 0 Å². The Labute approximate surface area is 106 Å². The van der Waals surface area contributed by atoms with Crippen LogP contribution in [0.25, 0.3) is 0 Å². The third-order valence-electron chi connectivity index (χ3n) is 4.22. The van der Waals surface area contributed by atoms with Crippen LogP contribution in [0, 0.1) is 11.8 Å². The summed E-state index contributed by atoms with van der Waals surface area (Å²) < 4.78 is 4.82. The van der Waals surface area contributed by atoms with Crippen molar-refractivity contribution in [2.45, 2.75) is 52.5 Å². The number of rotatable bonds is 5. The summed E-state index contributed by atoms with van der Waals surface area (Å²) in [6, 6.07) is 0.296. The third kappa shape index (κ3) is 3.98. The summed E-state index contributed by atoms with van der Waals surface area (Å²) in [5.41, 5.74) is 0. The highest BCUT2D eigenvalue weighted by atomic mass is 16.5. The van der Waals surface area contributed by atoms with Crippen molar-refractivity contribution in [1.29, 1.82) is 0 Å². The van der Waals surface area contributed by atoms with E-state index in [-0.39, 0.29) is 11.9 Å². The van der Waals surface area contributed by atoms with E-state index in [1.807, 2.05) is 6.92 Å². The zero-order valence-electron chi connectivity index (χ0n) is 11.7. The molecule has 1 rings (SSSR count). The fourth-order valence-corrected chi connectivity index (χ4v) is 2.76. The Kier molecular flexibility index (Phi) is 5.96. The predicted molar refractivity (Wildman–Crippen MR) is 69.8 cm³/mol. The molecule has 0 spiro atoms. The molecule has 0 saturated carbocycles. The highest BCUT2D eigenvalue weighted by Gasteiger charge is 2.29. The molecule has 1 saturated heterocycles. The molecule has 0 bridgehead atoms. The lowest BCUT2D eigenvalue weighted by atomic mass is 9.90. The van der Waals surface area contributed by atoms with E-state index in [0.717, 1.165) is 19.0 Å². The largest absolute Gasteiger partial charge is 0.469 e. The summed E-state index contributed by atoms with van der Waals surface area (Å²) in [5, 5.41) is 0. The Morgan fingerprint density at radius 3 is 2.41 bits per heavy atom. The number of esters is 1. The number of carbonyl (C=O) groups excluding carboxylic acids is 1. The van der Waals surface area contributed by atoms with Gasteiger partial charge in [0, 0.05) is 6.04 Å². The van der Waals surface area contributed by atoms with Crippen molar-refractivity contribution in [1.82, 2.24) is 4.90 Å². The maximum Gasteiger partial charge on any atom is 0.309 e. The van der Waals surface area contributed by atoms with Crippen molar-refractivity contribution in [3.05, 3.63) is 0 Å². The van der Waals surface area contributed by atoms with E-state index >= 15 is 0 Å². The van der Waals surface area contributed by atoms with Crippen LogP contribution < -0.4 is 0 Å². The molecule has 0 N–H and O–H groups in total. The molecule has 1 aliphatic heterocycles. The molecule has 17 heavy (non-hydrogen) atoms. The normalized spacial score (nSPS) is 22.1. The number of likely N-dealkylation sites (tertiary alicyclic amines) is 1. The summed E-state index contributed by atoms with van der Waals surface area (Å²) >= 11 is 0. The molecule has 0 aromatic heterocycles. The van der Waals surface area contributed by atoms with Gasteiger partial charge in [0.25, 0.3) is 0 Å². The molecule has 0 aromatic carbocycles. The molecule has 0 aliphatic carbocycles. The van der Waals surface area contributed by atoms with Gasteiger partial charge < -0.3 is 4.74 Å². The first-order chi connectivity index (χ1) is 8.10. The van der Waals surface area contributed by atoms with Gasteiger partial charge in [0.1, 0.15) is 0 Å². The van der Waals surface area contributed by atoms with Crippen LogP contribution in [-0.2, 0) is 9.53 Å². The van der Waals surface area contributed by atoms with E-state index < -0.39 is 0 Å². The summed E-state index contributed by atoms with van der Waals surface area (Å²) in [4.78, 5) is 14.0. The van der Waals surface area contributed by atoms with Crippen LogP contribution in [-0.4, -0.2) is 37.1 Å². The van der Waals surface area contributed by atoms with E-state index in [4.69, 9.17) is 4.74 Å². The molecule has 1 heterocycles. The Balaban J connectivity index is 2.40.